The Morgan fingerprint density at radius 3 is 2.42 bits per heavy atom. The van der Waals surface area contributed by atoms with Gasteiger partial charge in [0.25, 0.3) is 0 Å². The Kier molecular flexibility index (Phi) is 8.81. The zero-order valence-electron chi connectivity index (χ0n) is 7.53. The van der Waals surface area contributed by atoms with Crippen molar-refractivity contribution in [3.05, 3.63) is 0 Å². The molecule has 1 atom stereocenters. The SMILES string of the molecule is CC(O)COCCCOCCO. The number of rotatable bonds is 8. The largest absolute Gasteiger partial charge is 0.394 e. The summed E-state index contributed by atoms with van der Waals surface area (Å²) in [5, 5.41) is 17.2. The molecule has 4 heteroatoms. The molecular formula is C8H18O4. The van der Waals surface area contributed by atoms with E-state index in [1.54, 1.807) is 6.92 Å². The summed E-state index contributed by atoms with van der Waals surface area (Å²) in [4.78, 5) is 0. The lowest BCUT2D eigenvalue weighted by Crippen LogP contribution is -2.12. The molecule has 12 heavy (non-hydrogen) atoms. The summed E-state index contributed by atoms with van der Waals surface area (Å²) in [6, 6.07) is 0. The van der Waals surface area contributed by atoms with Crippen LogP contribution < -0.4 is 0 Å². The van der Waals surface area contributed by atoms with Crippen LogP contribution in [0, 0.1) is 0 Å². The Morgan fingerprint density at radius 1 is 1.17 bits per heavy atom. The van der Waals surface area contributed by atoms with Crippen LogP contribution in [0.2, 0.25) is 0 Å². The number of ether oxygens (including phenoxy) is 2. The van der Waals surface area contributed by atoms with Crippen molar-refractivity contribution in [3.8, 4) is 0 Å². The molecule has 0 radical (unpaired) electrons. The molecule has 0 aromatic heterocycles. The number of hydrogen-bond acceptors (Lipinski definition) is 4. The second-order valence-corrected chi connectivity index (χ2v) is 2.61. The molecule has 0 fully saturated rings. The standard InChI is InChI=1S/C8H18O4/c1-8(10)7-12-5-2-4-11-6-3-9/h8-10H,2-7H2,1H3. The van der Waals surface area contributed by atoms with Crippen LogP contribution in [0.1, 0.15) is 13.3 Å². The van der Waals surface area contributed by atoms with E-state index < -0.39 is 6.10 Å². The number of hydrogen-bond donors (Lipinski definition) is 2. The van der Waals surface area contributed by atoms with Gasteiger partial charge in [-0.2, -0.15) is 0 Å². The maximum Gasteiger partial charge on any atom is 0.0745 e. The second kappa shape index (κ2) is 8.93. The minimum atomic E-state index is -0.400. The minimum absolute atomic E-state index is 0.0640. The molecule has 1 unspecified atom stereocenters. The van der Waals surface area contributed by atoms with Crippen LogP contribution in [0.15, 0.2) is 0 Å². The maximum absolute atomic E-state index is 8.80. The van der Waals surface area contributed by atoms with Gasteiger partial charge in [-0.3, -0.25) is 0 Å². The van der Waals surface area contributed by atoms with Crippen LogP contribution in [0.4, 0.5) is 0 Å². The molecular weight excluding hydrogens is 160 g/mol. The Morgan fingerprint density at radius 2 is 1.83 bits per heavy atom. The van der Waals surface area contributed by atoms with Gasteiger partial charge in [0, 0.05) is 13.2 Å². The topological polar surface area (TPSA) is 58.9 Å². The van der Waals surface area contributed by atoms with Gasteiger partial charge in [0.15, 0.2) is 0 Å². The van der Waals surface area contributed by atoms with E-state index in [1.165, 1.54) is 0 Å². The summed E-state index contributed by atoms with van der Waals surface area (Å²) < 4.78 is 10.1. The van der Waals surface area contributed by atoms with Crippen LogP contribution in [0.3, 0.4) is 0 Å². The average molecular weight is 178 g/mol. The van der Waals surface area contributed by atoms with E-state index in [9.17, 15) is 0 Å². The highest BCUT2D eigenvalue weighted by molar-refractivity contribution is 4.41. The second-order valence-electron chi connectivity index (χ2n) is 2.61. The fraction of sp³-hybridized carbons (Fsp3) is 1.00. The van der Waals surface area contributed by atoms with Crippen LogP contribution >= 0.6 is 0 Å². The highest BCUT2D eigenvalue weighted by atomic mass is 16.5. The molecule has 0 aromatic rings. The van der Waals surface area contributed by atoms with Crippen molar-refractivity contribution < 1.29 is 19.7 Å². The van der Waals surface area contributed by atoms with Crippen molar-refractivity contribution in [3.63, 3.8) is 0 Å². The van der Waals surface area contributed by atoms with E-state index in [-0.39, 0.29) is 6.61 Å². The molecule has 74 valence electrons. The van der Waals surface area contributed by atoms with E-state index in [0.717, 1.165) is 6.42 Å². The molecule has 0 aliphatic heterocycles. The van der Waals surface area contributed by atoms with Crippen molar-refractivity contribution in [2.45, 2.75) is 19.4 Å². The summed E-state index contributed by atoms with van der Waals surface area (Å²) in [5.74, 6) is 0. The summed E-state index contributed by atoms with van der Waals surface area (Å²) in [6.07, 6.45) is 0.399. The summed E-state index contributed by atoms with van der Waals surface area (Å²) >= 11 is 0. The summed E-state index contributed by atoms with van der Waals surface area (Å²) in [5.41, 5.74) is 0. The van der Waals surface area contributed by atoms with Crippen LogP contribution in [0.25, 0.3) is 0 Å². The van der Waals surface area contributed by atoms with Gasteiger partial charge in [-0.1, -0.05) is 0 Å². The molecule has 0 amide bonds. The maximum atomic E-state index is 8.80. The number of aliphatic hydroxyl groups excluding tert-OH is 2. The zero-order chi connectivity index (χ0) is 9.23. The lowest BCUT2D eigenvalue weighted by molar-refractivity contribution is 0.0280. The van der Waals surface area contributed by atoms with Crippen molar-refractivity contribution in [1.82, 2.24) is 0 Å². The highest BCUT2D eigenvalue weighted by Crippen LogP contribution is 1.87. The van der Waals surface area contributed by atoms with Crippen molar-refractivity contribution in [1.29, 1.82) is 0 Å². The fourth-order valence-corrected chi connectivity index (χ4v) is 0.684. The van der Waals surface area contributed by atoms with Gasteiger partial charge in [0.05, 0.1) is 25.9 Å². The number of aliphatic hydroxyl groups is 2. The first-order valence-corrected chi connectivity index (χ1v) is 4.21. The Labute approximate surface area is 73.1 Å². The molecule has 0 spiro atoms. The monoisotopic (exact) mass is 178 g/mol. The smallest absolute Gasteiger partial charge is 0.0745 e. The Bertz CT molecular complexity index is 85.1. The Hall–Kier alpha value is -0.160. The third-order valence-electron chi connectivity index (χ3n) is 1.17. The van der Waals surface area contributed by atoms with Gasteiger partial charge in [0.1, 0.15) is 0 Å². The van der Waals surface area contributed by atoms with Gasteiger partial charge in [-0.25, -0.2) is 0 Å². The quantitative estimate of drug-likeness (QED) is 0.505. The molecule has 0 saturated heterocycles. The molecule has 4 nitrogen and oxygen atoms in total. The van der Waals surface area contributed by atoms with Crippen molar-refractivity contribution >= 4 is 0 Å². The molecule has 0 heterocycles. The molecule has 0 saturated carbocycles. The zero-order valence-corrected chi connectivity index (χ0v) is 7.53. The summed E-state index contributed by atoms with van der Waals surface area (Å²) in [7, 11) is 0. The van der Waals surface area contributed by atoms with Gasteiger partial charge in [0.2, 0.25) is 0 Å². The molecule has 0 rings (SSSR count). The third kappa shape index (κ3) is 9.84. The first-order chi connectivity index (χ1) is 5.77. The van der Waals surface area contributed by atoms with Crippen molar-refractivity contribution in [2.75, 3.05) is 33.0 Å². The minimum Gasteiger partial charge on any atom is -0.394 e. The fourth-order valence-electron chi connectivity index (χ4n) is 0.684. The van der Waals surface area contributed by atoms with E-state index in [2.05, 4.69) is 0 Å². The molecule has 0 aliphatic rings. The van der Waals surface area contributed by atoms with Crippen LogP contribution in [0.5, 0.6) is 0 Å². The van der Waals surface area contributed by atoms with Crippen molar-refractivity contribution in [2.24, 2.45) is 0 Å². The van der Waals surface area contributed by atoms with Gasteiger partial charge < -0.3 is 19.7 Å². The van der Waals surface area contributed by atoms with Crippen LogP contribution in [-0.4, -0.2) is 49.4 Å². The third-order valence-corrected chi connectivity index (χ3v) is 1.17. The molecule has 0 aliphatic carbocycles. The van der Waals surface area contributed by atoms with E-state index >= 15 is 0 Å². The lowest BCUT2D eigenvalue weighted by Gasteiger charge is -2.05. The normalized spacial score (nSPS) is 13.2. The Balaban J connectivity index is 2.82. The van der Waals surface area contributed by atoms with E-state index in [0.29, 0.717) is 26.4 Å². The molecule has 2 N–H and O–H groups in total. The van der Waals surface area contributed by atoms with E-state index in [1.807, 2.05) is 0 Å². The summed E-state index contributed by atoms with van der Waals surface area (Å²) in [6.45, 7) is 3.70. The van der Waals surface area contributed by atoms with Gasteiger partial charge in [-0.15, -0.1) is 0 Å². The first-order valence-electron chi connectivity index (χ1n) is 4.21. The predicted octanol–water partition coefficient (Wildman–Crippen LogP) is -0.217. The van der Waals surface area contributed by atoms with Gasteiger partial charge in [-0.05, 0) is 13.3 Å². The average Bonchev–Trinajstić information content (AvgIpc) is 2.02. The molecule has 0 bridgehead atoms. The lowest BCUT2D eigenvalue weighted by atomic mass is 10.4. The highest BCUT2D eigenvalue weighted by Gasteiger charge is 1.94. The predicted molar refractivity (Wildman–Crippen MR) is 45.0 cm³/mol. The van der Waals surface area contributed by atoms with Gasteiger partial charge >= 0.3 is 0 Å². The van der Waals surface area contributed by atoms with Crippen LogP contribution in [-0.2, 0) is 9.47 Å². The molecule has 0 aromatic carbocycles. The first kappa shape index (κ1) is 11.8. The van der Waals surface area contributed by atoms with E-state index in [4.69, 9.17) is 19.7 Å².